The largest absolute Gasteiger partial charge is 0.471 e. The Labute approximate surface area is 147 Å². The SMILES string of the molecule is O=C(CSC1CCCCC1)c1ccc(-c2noc(C(F)(F)F)n2)cc1. The molecule has 1 aliphatic rings. The number of benzene rings is 1. The van der Waals surface area contributed by atoms with Gasteiger partial charge in [-0.25, -0.2) is 0 Å². The van der Waals surface area contributed by atoms with Crippen LogP contribution in [0.15, 0.2) is 28.8 Å². The molecule has 0 aliphatic heterocycles. The second-order valence-electron chi connectivity index (χ2n) is 5.99. The van der Waals surface area contributed by atoms with Gasteiger partial charge in [0.25, 0.3) is 0 Å². The van der Waals surface area contributed by atoms with Gasteiger partial charge in [-0.1, -0.05) is 48.7 Å². The van der Waals surface area contributed by atoms with Crippen molar-refractivity contribution in [2.45, 2.75) is 43.5 Å². The first-order chi connectivity index (χ1) is 11.9. The van der Waals surface area contributed by atoms with Crippen LogP contribution in [0.25, 0.3) is 11.4 Å². The summed E-state index contributed by atoms with van der Waals surface area (Å²) in [7, 11) is 0. The molecule has 3 rings (SSSR count). The molecule has 0 unspecified atom stereocenters. The van der Waals surface area contributed by atoms with Crippen LogP contribution >= 0.6 is 11.8 Å². The first-order valence-electron chi connectivity index (χ1n) is 8.09. The van der Waals surface area contributed by atoms with Gasteiger partial charge < -0.3 is 4.52 Å². The molecule has 1 aromatic carbocycles. The number of thioether (sulfide) groups is 1. The third kappa shape index (κ3) is 4.62. The van der Waals surface area contributed by atoms with Gasteiger partial charge in [-0.15, -0.1) is 0 Å². The van der Waals surface area contributed by atoms with Gasteiger partial charge in [0.15, 0.2) is 5.78 Å². The van der Waals surface area contributed by atoms with Gasteiger partial charge >= 0.3 is 12.1 Å². The molecular formula is C17H17F3N2O2S. The van der Waals surface area contributed by atoms with Crippen LogP contribution in [0.3, 0.4) is 0 Å². The summed E-state index contributed by atoms with van der Waals surface area (Å²) in [5.74, 6) is -1.09. The predicted molar refractivity (Wildman–Crippen MR) is 88.4 cm³/mol. The Hall–Kier alpha value is -1.83. The molecular weight excluding hydrogens is 353 g/mol. The van der Waals surface area contributed by atoms with E-state index in [-0.39, 0.29) is 11.6 Å². The highest BCUT2D eigenvalue weighted by Gasteiger charge is 2.38. The second-order valence-corrected chi connectivity index (χ2v) is 7.28. The third-order valence-electron chi connectivity index (χ3n) is 4.14. The molecule has 8 heteroatoms. The fourth-order valence-electron chi connectivity index (χ4n) is 2.77. The molecule has 4 nitrogen and oxygen atoms in total. The lowest BCUT2D eigenvalue weighted by Crippen LogP contribution is -2.12. The fraction of sp³-hybridized carbons (Fsp3) is 0.471. The highest BCUT2D eigenvalue weighted by Crippen LogP contribution is 2.30. The average Bonchev–Trinajstić information content (AvgIpc) is 3.11. The van der Waals surface area contributed by atoms with E-state index in [0.717, 1.165) is 12.8 Å². The summed E-state index contributed by atoms with van der Waals surface area (Å²) in [5.41, 5.74) is 0.905. The molecule has 0 saturated heterocycles. The lowest BCUT2D eigenvalue weighted by atomic mass is 10.0. The lowest BCUT2D eigenvalue weighted by molar-refractivity contribution is -0.159. The molecule has 0 radical (unpaired) electrons. The van der Waals surface area contributed by atoms with Crippen molar-refractivity contribution in [2.24, 2.45) is 0 Å². The summed E-state index contributed by atoms with van der Waals surface area (Å²) >= 11 is 1.69. The van der Waals surface area contributed by atoms with Crippen molar-refractivity contribution < 1.29 is 22.5 Å². The summed E-state index contributed by atoms with van der Waals surface area (Å²) < 4.78 is 41.7. The minimum absolute atomic E-state index is 0.0196. The maximum Gasteiger partial charge on any atom is 0.471 e. The molecule has 0 amide bonds. The van der Waals surface area contributed by atoms with E-state index in [1.165, 1.54) is 31.4 Å². The van der Waals surface area contributed by atoms with Crippen LogP contribution in [0.4, 0.5) is 13.2 Å². The number of nitrogens with zero attached hydrogens (tertiary/aromatic N) is 2. The van der Waals surface area contributed by atoms with Crippen molar-refractivity contribution in [1.82, 2.24) is 10.1 Å². The number of carbonyl (C=O) groups excluding carboxylic acids is 1. The Morgan fingerprint density at radius 3 is 2.44 bits per heavy atom. The normalized spacial score (nSPS) is 16.1. The van der Waals surface area contributed by atoms with Crippen molar-refractivity contribution in [3.63, 3.8) is 0 Å². The monoisotopic (exact) mass is 370 g/mol. The van der Waals surface area contributed by atoms with Crippen molar-refractivity contribution >= 4 is 17.5 Å². The van der Waals surface area contributed by atoms with E-state index in [9.17, 15) is 18.0 Å². The van der Waals surface area contributed by atoms with Gasteiger partial charge in [0.1, 0.15) is 0 Å². The summed E-state index contributed by atoms with van der Waals surface area (Å²) in [6.45, 7) is 0. The number of aromatic nitrogens is 2. The Balaban J connectivity index is 1.61. The number of hydrogen-bond acceptors (Lipinski definition) is 5. The van der Waals surface area contributed by atoms with Gasteiger partial charge in [0.2, 0.25) is 5.82 Å². The molecule has 0 bridgehead atoms. The van der Waals surface area contributed by atoms with Gasteiger partial charge in [-0.05, 0) is 12.8 Å². The molecule has 1 aliphatic carbocycles. The van der Waals surface area contributed by atoms with E-state index < -0.39 is 12.1 Å². The number of Topliss-reactive ketones (excluding diaryl/α,β-unsaturated/α-hetero) is 1. The number of ketones is 1. The van der Waals surface area contributed by atoms with Crippen LogP contribution in [0.2, 0.25) is 0 Å². The fourth-order valence-corrected chi connectivity index (χ4v) is 3.99. The summed E-state index contributed by atoms with van der Waals surface area (Å²) in [4.78, 5) is 15.6. The molecule has 1 fully saturated rings. The van der Waals surface area contributed by atoms with E-state index >= 15 is 0 Å². The summed E-state index contributed by atoms with van der Waals surface area (Å²) in [6.07, 6.45) is 1.39. The number of hydrogen-bond donors (Lipinski definition) is 0. The Morgan fingerprint density at radius 2 is 1.84 bits per heavy atom. The highest BCUT2D eigenvalue weighted by atomic mass is 32.2. The van der Waals surface area contributed by atoms with Crippen LogP contribution in [0, 0.1) is 0 Å². The van der Waals surface area contributed by atoms with Gasteiger partial charge in [-0.3, -0.25) is 4.79 Å². The topological polar surface area (TPSA) is 56.0 Å². The lowest BCUT2D eigenvalue weighted by Gasteiger charge is -2.20. The van der Waals surface area contributed by atoms with E-state index in [1.807, 2.05) is 0 Å². The Bertz CT molecular complexity index is 722. The molecule has 0 atom stereocenters. The van der Waals surface area contributed by atoms with Crippen LogP contribution in [-0.2, 0) is 6.18 Å². The number of alkyl halides is 3. The van der Waals surface area contributed by atoms with Crippen LogP contribution in [-0.4, -0.2) is 26.9 Å². The quantitative estimate of drug-likeness (QED) is 0.693. The first-order valence-corrected chi connectivity index (χ1v) is 9.14. The molecule has 25 heavy (non-hydrogen) atoms. The number of carbonyl (C=O) groups is 1. The van der Waals surface area contributed by atoms with Gasteiger partial charge in [-0.2, -0.15) is 29.9 Å². The third-order valence-corrected chi connectivity index (χ3v) is 5.51. The van der Waals surface area contributed by atoms with Gasteiger partial charge in [0.05, 0.1) is 5.75 Å². The zero-order valence-electron chi connectivity index (χ0n) is 13.4. The molecule has 2 aromatic rings. The van der Waals surface area contributed by atoms with Crippen LogP contribution in [0.1, 0.15) is 48.4 Å². The van der Waals surface area contributed by atoms with E-state index in [4.69, 9.17) is 0 Å². The van der Waals surface area contributed by atoms with E-state index in [2.05, 4.69) is 14.7 Å². The van der Waals surface area contributed by atoms with Crippen molar-refractivity contribution in [3.8, 4) is 11.4 Å². The summed E-state index contributed by atoms with van der Waals surface area (Å²) in [6, 6.07) is 6.23. The molecule has 1 saturated carbocycles. The number of rotatable bonds is 5. The molecule has 134 valence electrons. The smallest absolute Gasteiger partial charge is 0.329 e. The van der Waals surface area contributed by atoms with E-state index in [1.54, 1.807) is 23.9 Å². The number of halogens is 3. The highest BCUT2D eigenvalue weighted by molar-refractivity contribution is 8.00. The Morgan fingerprint density at radius 1 is 1.16 bits per heavy atom. The zero-order valence-corrected chi connectivity index (χ0v) is 14.2. The minimum atomic E-state index is -4.67. The first kappa shape index (κ1) is 18.0. The second kappa shape index (κ2) is 7.59. The van der Waals surface area contributed by atoms with Crippen molar-refractivity contribution in [2.75, 3.05) is 5.75 Å². The zero-order chi connectivity index (χ0) is 17.9. The molecule has 1 heterocycles. The molecule has 0 N–H and O–H groups in total. The van der Waals surface area contributed by atoms with E-state index in [0.29, 0.717) is 22.1 Å². The van der Waals surface area contributed by atoms with Gasteiger partial charge in [0, 0.05) is 16.4 Å². The van der Waals surface area contributed by atoms with Crippen molar-refractivity contribution in [3.05, 3.63) is 35.7 Å². The standard InChI is InChI=1S/C17H17F3N2O2S/c18-17(19,20)16-21-15(22-24-16)12-8-6-11(7-9-12)14(23)10-25-13-4-2-1-3-5-13/h6-9,13H,1-5,10H2. The van der Waals surface area contributed by atoms with Crippen molar-refractivity contribution in [1.29, 1.82) is 0 Å². The maximum atomic E-state index is 12.5. The maximum absolute atomic E-state index is 12.5. The minimum Gasteiger partial charge on any atom is -0.329 e. The summed E-state index contributed by atoms with van der Waals surface area (Å²) in [5, 5.41) is 3.88. The van der Waals surface area contributed by atoms with Crippen LogP contribution in [0.5, 0.6) is 0 Å². The van der Waals surface area contributed by atoms with Crippen LogP contribution < -0.4 is 0 Å². The average molecular weight is 370 g/mol. The Kier molecular flexibility index (Phi) is 5.46. The predicted octanol–water partition coefficient (Wildman–Crippen LogP) is 5.00. The molecule has 1 aromatic heterocycles. The molecule has 0 spiro atoms.